The molecule has 0 aliphatic carbocycles. The molecule has 0 bridgehead atoms. The number of carbonyl (C=O) groups excluding carboxylic acids is 1. The molecular weight excluding hydrogens is 323 g/mol. The molecule has 2 N–H and O–H groups in total. The molecule has 0 aromatic heterocycles. The van der Waals surface area contributed by atoms with E-state index in [2.05, 4.69) is 10.6 Å². The van der Waals surface area contributed by atoms with Crippen LogP contribution >= 0.6 is 0 Å². The average Bonchev–Trinajstić information content (AvgIpc) is 2.93. The fourth-order valence-corrected chi connectivity index (χ4v) is 3.17. The quantitative estimate of drug-likeness (QED) is 0.820. The van der Waals surface area contributed by atoms with E-state index < -0.39 is 17.2 Å². The Kier molecular flexibility index (Phi) is 5.69. The van der Waals surface area contributed by atoms with Gasteiger partial charge in [-0.3, -0.25) is 0 Å². The minimum absolute atomic E-state index is 0.00325. The lowest BCUT2D eigenvalue weighted by molar-refractivity contribution is -0.215. The minimum Gasteiger partial charge on any atom is -0.444 e. The summed E-state index contributed by atoms with van der Waals surface area (Å²) in [5.74, 6) is 0. The topological polar surface area (TPSA) is 53.6 Å². The monoisotopic (exact) mass is 351 g/mol. The Balaban J connectivity index is 1.80. The summed E-state index contributed by atoms with van der Waals surface area (Å²) in [6.07, 6.45) is -3.17. The van der Waals surface area contributed by atoms with Gasteiger partial charge in [-0.2, -0.15) is 13.2 Å². The molecule has 0 unspecified atom stereocenters. The molecule has 2 rings (SSSR count). The molecular formula is C16H28F3N3O2. The van der Waals surface area contributed by atoms with Crippen molar-refractivity contribution in [2.75, 3.05) is 32.7 Å². The zero-order chi connectivity index (χ0) is 18.0. The van der Waals surface area contributed by atoms with Crippen molar-refractivity contribution >= 4 is 6.09 Å². The van der Waals surface area contributed by atoms with E-state index in [1.54, 1.807) is 4.90 Å². The average molecular weight is 351 g/mol. The number of halogens is 3. The molecule has 2 fully saturated rings. The summed E-state index contributed by atoms with van der Waals surface area (Å²) in [4.78, 5) is 13.6. The first-order valence-electron chi connectivity index (χ1n) is 8.51. The molecule has 24 heavy (non-hydrogen) atoms. The predicted octanol–water partition coefficient (Wildman–Crippen LogP) is 2.52. The highest BCUT2D eigenvalue weighted by atomic mass is 19.4. The maximum Gasteiger partial charge on any atom is 0.410 e. The van der Waals surface area contributed by atoms with E-state index >= 15 is 0 Å². The molecule has 5 nitrogen and oxygen atoms in total. The van der Waals surface area contributed by atoms with Crippen LogP contribution in [0.1, 0.15) is 40.0 Å². The van der Waals surface area contributed by atoms with Gasteiger partial charge >= 0.3 is 12.3 Å². The zero-order valence-electron chi connectivity index (χ0n) is 14.6. The first kappa shape index (κ1) is 19.3. The Morgan fingerprint density at radius 3 is 2.38 bits per heavy atom. The Hall–Kier alpha value is -1.02. The van der Waals surface area contributed by atoms with Crippen LogP contribution in [0.25, 0.3) is 0 Å². The lowest BCUT2D eigenvalue weighted by Gasteiger charge is -2.36. The molecule has 2 aliphatic heterocycles. The molecule has 0 aromatic rings. The van der Waals surface area contributed by atoms with E-state index in [0.717, 1.165) is 0 Å². The normalized spacial score (nSPS) is 26.7. The highest BCUT2D eigenvalue weighted by Crippen LogP contribution is 2.42. The van der Waals surface area contributed by atoms with Gasteiger partial charge in [-0.15, -0.1) is 0 Å². The lowest BCUT2D eigenvalue weighted by atomic mass is 9.85. The standard InChI is InChI=1S/C16H28F3N3O2/c1-14(2,3)24-13(23)22-8-4-12(5-9-22)21-11-15(16(17,18)19)6-7-20-10-15/h12,20-21H,4-11H2,1-3H3/t15-/m1/s1. The first-order valence-corrected chi connectivity index (χ1v) is 8.51. The van der Waals surface area contributed by atoms with Gasteiger partial charge < -0.3 is 20.3 Å². The molecule has 2 saturated heterocycles. The maximum atomic E-state index is 13.3. The molecule has 1 atom stereocenters. The number of alkyl halides is 3. The molecule has 8 heteroatoms. The Morgan fingerprint density at radius 2 is 1.92 bits per heavy atom. The summed E-state index contributed by atoms with van der Waals surface area (Å²) in [6.45, 7) is 6.75. The largest absolute Gasteiger partial charge is 0.444 e. The molecule has 0 saturated carbocycles. The van der Waals surface area contributed by atoms with Crippen molar-refractivity contribution < 1.29 is 22.7 Å². The van der Waals surface area contributed by atoms with Crippen molar-refractivity contribution in [3.63, 3.8) is 0 Å². The van der Waals surface area contributed by atoms with Crippen LogP contribution in [0, 0.1) is 5.41 Å². The van der Waals surface area contributed by atoms with Crippen LogP contribution in [-0.2, 0) is 4.74 Å². The van der Waals surface area contributed by atoms with Crippen LogP contribution in [0.3, 0.4) is 0 Å². The molecule has 1 amide bonds. The second kappa shape index (κ2) is 7.07. The van der Waals surface area contributed by atoms with Crippen LogP contribution in [0.2, 0.25) is 0 Å². The second-order valence-corrected chi connectivity index (χ2v) is 7.83. The van der Waals surface area contributed by atoms with Crippen molar-refractivity contribution in [2.45, 2.75) is 57.9 Å². The summed E-state index contributed by atoms with van der Waals surface area (Å²) >= 11 is 0. The van der Waals surface area contributed by atoms with E-state index in [-0.39, 0.29) is 31.6 Å². The first-order chi connectivity index (χ1) is 11.0. The van der Waals surface area contributed by atoms with E-state index in [1.807, 2.05) is 20.8 Å². The lowest BCUT2D eigenvalue weighted by Crippen LogP contribution is -2.52. The summed E-state index contributed by atoms with van der Waals surface area (Å²) in [5, 5.41) is 5.90. The molecule has 2 heterocycles. The fourth-order valence-electron chi connectivity index (χ4n) is 3.17. The molecule has 0 spiro atoms. The Bertz CT molecular complexity index is 435. The number of likely N-dealkylation sites (tertiary alicyclic amines) is 1. The second-order valence-electron chi connectivity index (χ2n) is 7.83. The Morgan fingerprint density at radius 1 is 1.29 bits per heavy atom. The molecule has 2 aliphatic rings. The number of hydrogen-bond donors (Lipinski definition) is 2. The van der Waals surface area contributed by atoms with Gasteiger partial charge in [0.15, 0.2) is 0 Å². The number of amides is 1. The van der Waals surface area contributed by atoms with Crippen LogP contribution in [0.5, 0.6) is 0 Å². The van der Waals surface area contributed by atoms with Gasteiger partial charge in [0.05, 0.1) is 5.41 Å². The van der Waals surface area contributed by atoms with Crippen molar-refractivity contribution in [2.24, 2.45) is 5.41 Å². The number of carbonyl (C=O) groups is 1. The third kappa shape index (κ3) is 4.75. The third-order valence-corrected chi connectivity index (χ3v) is 4.72. The van der Waals surface area contributed by atoms with E-state index in [9.17, 15) is 18.0 Å². The summed E-state index contributed by atoms with van der Waals surface area (Å²) in [5.41, 5.74) is -2.21. The smallest absolute Gasteiger partial charge is 0.410 e. The van der Waals surface area contributed by atoms with Crippen molar-refractivity contribution in [1.29, 1.82) is 0 Å². The van der Waals surface area contributed by atoms with Gasteiger partial charge in [0.25, 0.3) is 0 Å². The highest BCUT2D eigenvalue weighted by molar-refractivity contribution is 5.68. The highest BCUT2D eigenvalue weighted by Gasteiger charge is 2.55. The van der Waals surface area contributed by atoms with Crippen molar-refractivity contribution in [3.05, 3.63) is 0 Å². The fraction of sp³-hybridized carbons (Fsp3) is 0.938. The summed E-state index contributed by atoms with van der Waals surface area (Å²) in [7, 11) is 0. The molecule has 0 radical (unpaired) electrons. The maximum absolute atomic E-state index is 13.3. The molecule has 140 valence electrons. The predicted molar refractivity (Wildman–Crippen MR) is 84.8 cm³/mol. The summed E-state index contributed by atoms with van der Waals surface area (Å²) in [6, 6.07) is 0.00325. The van der Waals surface area contributed by atoms with E-state index in [4.69, 9.17) is 4.74 Å². The summed E-state index contributed by atoms with van der Waals surface area (Å²) < 4.78 is 45.4. The van der Waals surface area contributed by atoms with Crippen LogP contribution < -0.4 is 10.6 Å². The Labute approximate surface area is 141 Å². The molecule has 0 aromatic carbocycles. The van der Waals surface area contributed by atoms with Gasteiger partial charge in [0, 0.05) is 32.2 Å². The van der Waals surface area contributed by atoms with Crippen molar-refractivity contribution in [3.8, 4) is 0 Å². The van der Waals surface area contributed by atoms with Gasteiger partial charge in [-0.1, -0.05) is 0 Å². The van der Waals surface area contributed by atoms with Gasteiger partial charge in [-0.25, -0.2) is 4.79 Å². The SMILES string of the molecule is CC(C)(C)OC(=O)N1CCC(NC[C@@]2(C(F)(F)F)CCNC2)CC1. The minimum atomic E-state index is -4.21. The number of nitrogens with zero attached hydrogens (tertiary/aromatic N) is 1. The van der Waals surface area contributed by atoms with Gasteiger partial charge in [0.1, 0.15) is 5.60 Å². The number of hydrogen-bond acceptors (Lipinski definition) is 4. The van der Waals surface area contributed by atoms with Gasteiger partial charge in [0.2, 0.25) is 0 Å². The van der Waals surface area contributed by atoms with Gasteiger partial charge in [-0.05, 0) is 46.6 Å². The van der Waals surface area contributed by atoms with Crippen LogP contribution in [-0.4, -0.2) is 61.5 Å². The number of nitrogens with one attached hydrogen (secondary N) is 2. The van der Waals surface area contributed by atoms with E-state index in [0.29, 0.717) is 32.5 Å². The number of piperidine rings is 1. The van der Waals surface area contributed by atoms with E-state index in [1.165, 1.54) is 0 Å². The third-order valence-electron chi connectivity index (χ3n) is 4.72. The van der Waals surface area contributed by atoms with Crippen molar-refractivity contribution in [1.82, 2.24) is 15.5 Å². The van der Waals surface area contributed by atoms with Crippen LogP contribution in [0.15, 0.2) is 0 Å². The zero-order valence-corrected chi connectivity index (χ0v) is 14.6. The number of ether oxygens (including phenoxy) is 1. The van der Waals surface area contributed by atoms with Crippen LogP contribution in [0.4, 0.5) is 18.0 Å². The number of rotatable bonds is 3.